The fourth-order valence-electron chi connectivity index (χ4n) is 2.61. The number of aryl methyl sites for hydroxylation is 1. The number of likely N-dealkylation sites (tertiary alicyclic amines) is 1. The van der Waals surface area contributed by atoms with Crippen molar-refractivity contribution in [3.05, 3.63) is 22.8 Å². The Morgan fingerprint density at radius 1 is 1.58 bits per heavy atom. The molecule has 0 aromatic carbocycles. The van der Waals surface area contributed by atoms with Crippen molar-refractivity contribution in [2.45, 2.75) is 51.2 Å². The molecule has 6 nitrogen and oxygen atoms in total. The summed E-state index contributed by atoms with van der Waals surface area (Å²) in [6, 6.07) is 0.134. The van der Waals surface area contributed by atoms with Crippen LogP contribution < -0.4 is 0 Å². The van der Waals surface area contributed by atoms with Crippen molar-refractivity contribution in [3.8, 4) is 0 Å². The van der Waals surface area contributed by atoms with Crippen molar-refractivity contribution >= 4 is 29.9 Å². The van der Waals surface area contributed by atoms with Gasteiger partial charge >= 0.3 is 0 Å². The summed E-state index contributed by atoms with van der Waals surface area (Å²) in [6.07, 6.45) is 7.33. The highest BCUT2D eigenvalue weighted by atomic mass is 32.2. The summed E-state index contributed by atoms with van der Waals surface area (Å²) < 4.78 is 4.82. The van der Waals surface area contributed by atoms with Gasteiger partial charge in [0.15, 0.2) is 0 Å². The molecule has 24 heavy (non-hydrogen) atoms. The highest BCUT2D eigenvalue weighted by Crippen LogP contribution is 2.21. The maximum atomic E-state index is 12.0. The molecule has 2 N–H and O–H groups in total. The first-order chi connectivity index (χ1) is 11.6. The van der Waals surface area contributed by atoms with Gasteiger partial charge in [0.05, 0.1) is 12.1 Å². The van der Waals surface area contributed by atoms with E-state index in [1.54, 1.807) is 0 Å². The molecule has 0 aliphatic carbocycles. The number of aromatic amines is 1. The van der Waals surface area contributed by atoms with E-state index in [4.69, 9.17) is 16.7 Å². The molecule has 1 amide bonds. The van der Waals surface area contributed by atoms with Gasteiger partial charge in [0.25, 0.3) is 4.84 Å². The van der Waals surface area contributed by atoms with Gasteiger partial charge in [0.1, 0.15) is 5.82 Å². The number of carbonyl (C=O) groups is 1. The first-order valence-corrected chi connectivity index (χ1v) is 9.95. The van der Waals surface area contributed by atoms with Crippen molar-refractivity contribution in [1.29, 1.82) is 0 Å². The quantitative estimate of drug-likeness (QED) is 0.374. The number of nitrogens with one attached hydrogen (secondary N) is 1. The second-order valence-corrected chi connectivity index (χ2v) is 7.41. The van der Waals surface area contributed by atoms with Gasteiger partial charge < -0.3 is 14.5 Å². The SMILES string of the molecule is CC[C@H](O)/C=C/[C@H]1CCC(=O)N1CCSCCCc1noc(=S)[nH]1. The Balaban J connectivity index is 1.65. The molecule has 1 saturated heterocycles. The van der Waals surface area contributed by atoms with Crippen LogP contribution in [0.3, 0.4) is 0 Å². The molecule has 0 spiro atoms. The standard InChI is InChI=1S/C16H25N3O3S2/c1-2-13(20)7-5-12-6-8-15(21)19(12)9-11-24-10-3-4-14-17-16(23)22-18-14/h5,7,12-13,20H,2-4,6,8-11H2,1H3,(H,17,18,23)/b7-5+/t12-,13-/m0/s1. The summed E-state index contributed by atoms with van der Waals surface area (Å²) in [5, 5.41) is 13.5. The second kappa shape index (κ2) is 10.0. The van der Waals surface area contributed by atoms with Gasteiger partial charge in [-0.15, -0.1) is 0 Å². The third-order valence-electron chi connectivity index (χ3n) is 4.01. The molecule has 0 saturated carbocycles. The van der Waals surface area contributed by atoms with Gasteiger partial charge in [-0.3, -0.25) is 9.78 Å². The topological polar surface area (TPSA) is 82.4 Å². The van der Waals surface area contributed by atoms with Crippen molar-refractivity contribution < 1.29 is 14.4 Å². The summed E-state index contributed by atoms with van der Waals surface area (Å²) in [4.78, 5) is 17.1. The smallest absolute Gasteiger partial charge is 0.294 e. The number of hydrogen-bond acceptors (Lipinski definition) is 6. The van der Waals surface area contributed by atoms with Gasteiger partial charge in [-0.05, 0) is 37.2 Å². The number of aromatic nitrogens is 2. The molecule has 0 radical (unpaired) electrons. The molecule has 1 aliphatic rings. The molecule has 2 rings (SSSR count). The summed E-state index contributed by atoms with van der Waals surface area (Å²) in [6.45, 7) is 2.70. The van der Waals surface area contributed by atoms with Crippen LogP contribution in [0.4, 0.5) is 0 Å². The van der Waals surface area contributed by atoms with Gasteiger partial charge in [0, 0.05) is 25.1 Å². The number of hydrogen-bond donors (Lipinski definition) is 2. The molecule has 8 heteroatoms. The van der Waals surface area contributed by atoms with Crippen LogP contribution in [0.1, 0.15) is 38.4 Å². The minimum atomic E-state index is -0.416. The lowest BCUT2D eigenvalue weighted by Gasteiger charge is -2.22. The number of H-pyrrole nitrogens is 1. The number of rotatable bonds is 10. The average Bonchev–Trinajstić information content (AvgIpc) is 3.14. The van der Waals surface area contributed by atoms with E-state index in [9.17, 15) is 9.90 Å². The lowest BCUT2D eigenvalue weighted by Crippen LogP contribution is -2.34. The monoisotopic (exact) mass is 371 g/mol. The number of amides is 1. The Labute approximate surface area is 151 Å². The van der Waals surface area contributed by atoms with Crippen LogP contribution in [0.25, 0.3) is 0 Å². The number of nitrogens with zero attached hydrogens (tertiary/aromatic N) is 2. The van der Waals surface area contributed by atoms with Crippen molar-refractivity contribution in [1.82, 2.24) is 15.0 Å². The van der Waals surface area contributed by atoms with E-state index in [0.717, 1.165) is 43.1 Å². The molecule has 0 bridgehead atoms. The third kappa shape index (κ3) is 6.07. The highest BCUT2D eigenvalue weighted by molar-refractivity contribution is 7.99. The summed E-state index contributed by atoms with van der Waals surface area (Å²) >= 11 is 6.67. The second-order valence-electron chi connectivity index (χ2n) is 5.81. The summed E-state index contributed by atoms with van der Waals surface area (Å²) in [5.41, 5.74) is 0. The van der Waals surface area contributed by atoms with Gasteiger partial charge in [0.2, 0.25) is 5.91 Å². The van der Waals surface area contributed by atoms with Crippen LogP contribution in [0, 0.1) is 4.84 Å². The molecular weight excluding hydrogens is 346 g/mol. The maximum Gasteiger partial charge on any atom is 0.294 e. The Hall–Kier alpha value is -1.12. The fourth-order valence-corrected chi connectivity index (χ4v) is 3.65. The van der Waals surface area contributed by atoms with Crippen LogP contribution in [-0.4, -0.2) is 56.3 Å². The van der Waals surface area contributed by atoms with Crippen molar-refractivity contribution in [2.75, 3.05) is 18.1 Å². The van der Waals surface area contributed by atoms with E-state index in [2.05, 4.69) is 10.1 Å². The third-order valence-corrected chi connectivity index (χ3v) is 5.24. The van der Waals surface area contributed by atoms with Crippen LogP contribution >= 0.6 is 24.0 Å². The molecule has 2 heterocycles. The van der Waals surface area contributed by atoms with E-state index in [1.807, 2.05) is 35.7 Å². The highest BCUT2D eigenvalue weighted by Gasteiger charge is 2.28. The summed E-state index contributed by atoms with van der Waals surface area (Å²) in [5.74, 6) is 2.92. The van der Waals surface area contributed by atoms with Gasteiger partial charge in [-0.25, -0.2) is 0 Å². The number of aliphatic hydroxyl groups is 1. The Morgan fingerprint density at radius 2 is 2.42 bits per heavy atom. The van der Waals surface area contributed by atoms with E-state index in [0.29, 0.717) is 17.7 Å². The zero-order valence-corrected chi connectivity index (χ0v) is 15.6. The maximum absolute atomic E-state index is 12.0. The molecule has 0 unspecified atom stereocenters. The van der Waals surface area contributed by atoms with Gasteiger partial charge in [-0.2, -0.15) is 11.8 Å². The largest absolute Gasteiger partial charge is 0.389 e. The minimum Gasteiger partial charge on any atom is -0.389 e. The first-order valence-electron chi connectivity index (χ1n) is 8.38. The number of thioether (sulfide) groups is 1. The average molecular weight is 372 g/mol. The Bertz CT molecular complexity index is 599. The zero-order valence-electron chi connectivity index (χ0n) is 13.9. The molecule has 1 aliphatic heterocycles. The molecule has 1 aromatic heterocycles. The molecular formula is C16H25N3O3S2. The van der Waals surface area contributed by atoms with Crippen LogP contribution in [-0.2, 0) is 11.2 Å². The molecule has 1 aromatic rings. The predicted octanol–water partition coefficient (Wildman–Crippen LogP) is 2.72. The van der Waals surface area contributed by atoms with Crippen LogP contribution in [0.2, 0.25) is 0 Å². The molecule has 2 atom stereocenters. The van der Waals surface area contributed by atoms with Crippen molar-refractivity contribution in [3.63, 3.8) is 0 Å². The lowest BCUT2D eigenvalue weighted by atomic mass is 10.1. The fraction of sp³-hybridized carbons (Fsp3) is 0.688. The van der Waals surface area contributed by atoms with E-state index in [1.165, 1.54) is 0 Å². The van der Waals surface area contributed by atoms with Crippen LogP contribution in [0.5, 0.6) is 0 Å². The lowest BCUT2D eigenvalue weighted by molar-refractivity contribution is -0.128. The zero-order chi connectivity index (χ0) is 17.4. The summed E-state index contributed by atoms with van der Waals surface area (Å²) in [7, 11) is 0. The first kappa shape index (κ1) is 19.2. The molecule has 1 fully saturated rings. The number of aliphatic hydroxyl groups excluding tert-OH is 1. The predicted molar refractivity (Wildman–Crippen MR) is 97.5 cm³/mol. The number of carbonyl (C=O) groups excluding carboxylic acids is 1. The van der Waals surface area contributed by atoms with E-state index in [-0.39, 0.29) is 11.9 Å². The van der Waals surface area contributed by atoms with Crippen molar-refractivity contribution in [2.24, 2.45) is 0 Å². The van der Waals surface area contributed by atoms with E-state index < -0.39 is 6.10 Å². The van der Waals surface area contributed by atoms with Gasteiger partial charge in [-0.1, -0.05) is 24.2 Å². The normalized spacial score (nSPS) is 19.5. The molecule has 134 valence electrons. The van der Waals surface area contributed by atoms with Crippen LogP contribution in [0.15, 0.2) is 16.7 Å². The Kier molecular flexibility index (Phi) is 8.01. The van der Waals surface area contributed by atoms with E-state index >= 15 is 0 Å². The Morgan fingerprint density at radius 3 is 3.12 bits per heavy atom. The minimum absolute atomic E-state index is 0.134.